The average Bonchev–Trinajstić information content (AvgIpc) is 3.14. The van der Waals surface area contributed by atoms with Crippen LogP contribution in [0.15, 0.2) is 152 Å². The molecular formula is C46H43N. The van der Waals surface area contributed by atoms with E-state index in [0.29, 0.717) is 0 Å². The number of fused-ring (bicyclic) bond motifs is 3. The fraction of sp³-hybridized carbons (Fsp3) is 0.174. The first-order valence-electron chi connectivity index (χ1n) is 17.3. The fourth-order valence-corrected chi connectivity index (χ4v) is 6.76. The molecule has 0 aliphatic rings. The highest BCUT2D eigenvalue weighted by Crippen LogP contribution is 2.43. The molecule has 0 unspecified atom stereocenters. The largest absolute Gasteiger partial charge is 0.310 e. The number of unbranched alkanes of at least 4 members (excludes halogenated alkanes) is 2. The van der Waals surface area contributed by atoms with E-state index < -0.39 is 0 Å². The molecule has 232 valence electrons. The van der Waals surface area contributed by atoms with Crippen molar-refractivity contribution >= 4 is 38.6 Å². The Bertz CT molecular complexity index is 2070. The maximum atomic E-state index is 2.43. The molecule has 1 nitrogen and oxygen atoms in total. The highest BCUT2D eigenvalue weighted by atomic mass is 15.1. The van der Waals surface area contributed by atoms with Gasteiger partial charge in [0.05, 0.1) is 5.69 Å². The number of nitrogens with zero attached hydrogens (tertiary/aromatic N) is 1. The summed E-state index contributed by atoms with van der Waals surface area (Å²) >= 11 is 0. The van der Waals surface area contributed by atoms with Gasteiger partial charge >= 0.3 is 0 Å². The topological polar surface area (TPSA) is 3.24 Å². The van der Waals surface area contributed by atoms with Crippen LogP contribution >= 0.6 is 0 Å². The standard InChI is InChI=1S/C46H43N/c1-3-5-12-34-18-21-37(22-19-34)39-26-30-42(31-27-39)47(41-28-24-38(25-29-41)36-14-8-7-9-15-36)46-33-40-23-20-35(13-6-4-2)32-45(40)43-16-10-11-17-44(43)46/h7-11,14-33H,3-6,12-13H2,1-2H3. The van der Waals surface area contributed by atoms with Gasteiger partial charge in [-0.15, -0.1) is 0 Å². The number of hydrogen-bond donors (Lipinski definition) is 0. The molecule has 0 fully saturated rings. The molecule has 0 amide bonds. The normalized spacial score (nSPS) is 11.3. The second-order valence-electron chi connectivity index (χ2n) is 12.7. The molecule has 0 radical (unpaired) electrons. The van der Waals surface area contributed by atoms with E-state index >= 15 is 0 Å². The zero-order valence-corrected chi connectivity index (χ0v) is 27.6. The van der Waals surface area contributed by atoms with Gasteiger partial charge in [0, 0.05) is 16.8 Å². The third-order valence-electron chi connectivity index (χ3n) is 9.43. The van der Waals surface area contributed by atoms with E-state index in [1.165, 1.54) is 86.3 Å². The Kier molecular flexibility index (Phi) is 9.15. The van der Waals surface area contributed by atoms with Gasteiger partial charge in [0.15, 0.2) is 0 Å². The molecule has 0 bridgehead atoms. The van der Waals surface area contributed by atoms with E-state index in [9.17, 15) is 0 Å². The minimum atomic E-state index is 1.12. The Morgan fingerprint density at radius 2 is 0.894 bits per heavy atom. The Labute approximate surface area is 280 Å². The van der Waals surface area contributed by atoms with E-state index in [4.69, 9.17) is 0 Å². The van der Waals surface area contributed by atoms with Crippen molar-refractivity contribution in [3.05, 3.63) is 163 Å². The Morgan fingerprint density at radius 3 is 1.49 bits per heavy atom. The van der Waals surface area contributed by atoms with Crippen LogP contribution < -0.4 is 4.90 Å². The van der Waals surface area contributed by atoms with Crippen LogP contribution in [0.4, 0.5) is 17.1 Å². The van der Waals surface area contributed by atoms with Crippen LogP contribution in [0.25, 0.3) is 43.8 Å². The van der Waals surface area contributed by atoms with Crippen LogP contribution in [0.5, 0.6) is 0 Å². The molecule has 0 N–H and O–H groups in total. The number of hydrogen-bond acceptors (Lipinski definition) is 1. The second kappa shape index (κ2) is 14.1. The van der Waals surface area contributed by atoms with Crippen LogP contribution in [0.2, 0.25) is 0 Å². The highest BCUT2D eigenvalue weighted by molar-refractivity contribution is 6.14. The van der Waals surface area contributed by atoms with Gasteiger partial charge < -0.3 is 4.90 Å². The predicted molar refractivity (Wildman–Crippen MR) is 204 cm³/mol. The lowest BCUT2D eigenvalue weighted by molar-refractivity contribution is 0.795. The lowest BCUT2D eigenvalue weighted by Crippen LogP contribution is -2.10. The summed E-state index contributed by atoms with van der Waals surface area (Å²) in [4.78, 5) is 2.43. The summed E-state index contributed by atoms with van der Waals surface area (Å²) in [6.07, 6.45) is 7.15. The number of benzene rings is 7. The van der Waals surface area contributed by atoms with Crippen LogP contribution in [-0.2, 0) is 12.8 Å². The Balaban J connectivity index is 1.34. The molecule has 0 aromatic heterocycles. The summed E-state index contributed by atoms with van der Waals surface area (Å²) in [5, 5.41) is 5.15. The van der Waals surface area contributed by atoms with E-state index in [-0.39, 0.29) is 0 Å². The SMILES string of the molecule is CCCCc1ccc(-c2ccc(N(c3ccc(-c4ccccc4)cc3)c3cc4ccc(CCCC)cc4c4ccccc34)cc2)cc1. The quantitative estimate of drug-likeness (QED) is 0.132. The molecule has 0 saturated heterocycles. The smallest absolute Gasteiger partial charge is 0.0546 e. The molecular weight excluding hydrogens is 567 g/mol. The van der Waals surface area contributed by atoms with Crippen molar-refractivity contribution in [2.45, 2.75) is 52.4 Å². The van der Waals surface area contributed by atoms with Crippen molar-refractivity contribution in [1.82, 2.24) is 0 Å². The van der Waals surface area contributed by atoms with E-state index in [1.807, 2.05) is 0 Å². The molecule has 0 spiro atoms. The fourth-order valence-electron chi connectivity index (χ4n) is 6.76. The maximum Gasteiger partial charge on any atom is 0.0546 e. The van der Waals surface area contributed by atoms with Gasteiger partial charge in [0.2, 0.25) is 0 Å². The van der Waals surface area contributed by atoms with Crippen molar-refractivity contribution in [1.29, 1.82) is 0 Å². The number of anilines is 3. The van der Waals surface area contributed by atoms with Crippen molar-refractivity contribution < 1.29 is 0 Å². The van der Waals surface area contributed by atoms with Crippen molar-refractivity contribution in [2.75, 3.05) is 4.90 Å². The first kappa shape index (κ1) is 30.5. The highest BCUT2D eigenvalue weighted by Gasteiger charge is 2.18. The first-order valence-corrected chi connectivity index (χ1v) is 17.3. The van der Waals surface area contributed by atoms with Gasteiger partial charge in [-0.2, -0.15) is 0 Å². The third kappa shape index (κ3) is 6.58. The van der Waals surface area contributed by atoms with Crippen LogP contribution in [0.3, 0.4) is 0 Å². The summed E-state index contributed by atoms with van der Waals surface area (Å²) < 4.78 is 0. The third-order valence-corrected chi connectivity index (χ3v) is 9.43. The number of rotatable bonds is 11. The second-order valence-corrected chi connectivity index (χ2v) is 12.7. The van der Waals surface area contributed by atoms with E-state index in [2.05, 4.69) is 170 Å². The lowest BCUT2D eigenvalue weighted by atomic mass is 9.96. The monoisotopic (exact) mass is 609 g/mol. The summed E-state index contributed by atoms with van der Waals surface area (Å²) in [5.74, 6) is 0. The Hall–Kier alpha value is -5.14. The molecule has 47 heavy (non-hydrogen) atoms. The molecule has 0 aliphatic heterocycles. The van der Waals surface area contributed by atoms with Gasteiger partial charge in [-0.3, -0.25) is 0 Å². The van der Waals surface area contributed by atoms with Crippen LogP contribution in [-0.4, -0.2) is 0 Å². The molecule has 1 heteroatoms. The van der Waals surface area contributed by atoms with E-state index in [0.717, 1.165) is 24.2 Å². The Morgan fingerprint density at radius 1 is 0.404 bits per heavy atom. The van der Waals surface area contributed by atoms with Gasteiger partial charge in [-0.05, 0) is 106 Å². The zero-order chi connectivity index (χ0) is 32.0. The number of aryl methyl sites for hydroxylation is 2. The van der Waals surface area contributed by atoms with Gasteiger partial charge in [0.1, 0.15) is 0 Å². The van der Waals surface area contributed by atoms with Crippen molar-refractivity contribution in [2.24, 2.45) is 0 Å². The van der Waals surface area contributed by atoms with E-state index in [1.54, 1.807) is 0 Å². The summed E-state index contributed by atoms with van der Waals surface area (Å²) in [6, 6.07) is 56.2. The van der Waals surface area contributed by atoms with Crippen molar-refractivity contribution in [3.63, 3.8) is 0 Å². The first-order chi connectivity index (χ1) is 23.2. The van der Waals surface area contributed by atoms with Crippen LogP contribution in [0.1, 0.15) is 50.7 Å². The molecule has 0 aliphatic carbocycles. The molecule has 0 atom stereocenters. The van der Waals surface area contributed by atoms with Crippen LogP contribution in [0, 0.1) is 0 Å². The molecule has 7 aromatic rings. The lowest BCUT2D eigenvalue weighted by Gasteiger charge is -2.28. The summed E-state index contributed by atoms with van der Waals surface area (Å²) in [7, 11) is 0. The molecule has 0 saturated carbocycles. The van der Waals surface area contributed by atoms with Gasteiger partial charge in [0.25, 0.3) is 0 Å². The minimum Gasteiger partial charge on any atom is -0.310 e. The molecule has 7 aromatic carbocycles. The minimum absolute atomic E-state index is 1.12. The molecule has 0 heterocycles. The summed E-state index contributed by atoms with van der Waals surface area (Å²) in [6.45, 7) is 4.52. The summed E-state index contributed by atoms with van der Waals surface area (Å²) in [5.41, 5.74) is 11.2. The predicted octanol–water partition coefficient (Wildman–Crippen LogP) is 13.5. The average molecular weight is 610 g/mol. The van der Waals surface area contributed by atoms with Gasteiger partial charge in [-0.1, -0.05) is 148 Å². The van der Waals surface area contributed by atoms with Crippen molar-refractivity contribution in [3.8, 4) is 22.3 Å². The van der Waals surface area contributed by atoms with Gasteiger partial charge in [-0.25, -0.2) is 0 Å². The maximum absolute atomic E-state index is 2.43. The zero-order valence-electron chi connectivity index (χ0n) is 27.6. The molecule has 7 rings (SSSR count).